The van der Waals surface area contributed by atoms with Crippen LogP contribution in [-0.4, -0.2) is 48.0 Å². The van der Waals surface area contributed by atoms with Crippen LogP contribution in [0.1, 0.15) is 20.8 Å². The summed E-state index contributed by atoms with van der Waals surface area (Å²) in [7, 11) is 3.83. The lowest BCUT2D eigenvalue weighted by Gasteiger charge is -2.25. The van der Waals surface area contributed by atoms with Gasteiger partial charge in [-0.1, -0.05) is 6.07 Å². The van der Waals surface area contributed by atoms with Gasteiger partial charge in [0.25, 0.3) is 5.91 Å². The van der Waals surface area contributed by atoms with E-state index in [0.717, 1.165) is 10.4 Å². The number of phenolic OH excluding ortho intramolecular Hbond substituents is 1. The minimum atomic E-state index is -0.701. The Kier molecular flexibility index (Phi) is 5.74. The molecule has 0 spiro atoms. The number of amides is 1. The van der Waals surface area contributed by atoms with Gasteiger partial charge in [0, 0.05) is 18.0 Å². The second-order valence-electron chi connectivity index (χ2n) is 5.69. The summed E-state index contributed by atoms with van der Waals surface area (Å²) in [5.41, 5.74) is 0.843. The lowest BCUT2D eigenvalue weighted by atomic mass is 10.1. The summed E-state index contributed by atoms with van der Waals surface area (Å²) in [5.74, 6) is -1.52. The molecule has 6 heteroatoms. The maximum absolute atomic E-state index is 14.0. The maximum atomic E-state index is 14.0. The Morgan fingerprint density at radius 1 is 1.26 bits per heavy atom. The average molecular weight is 336 g/mol. The number of thiophene rings is 1. The number of hydrogen-bond donors (Lipinski definition) is 1. The van der Waals surface area contributed by atoms with Crippen LogP contribution in [0.4, 0.5) is 4.39 Å². The molecule has 0 aliphatic carbocycles. The van der Waals surface area contributed by atoms with Crippen LogP contribution in [0.25, 0.3) is 0 Å². The molecule has 0 bridgehead atoms. The third kappa shape index (κ3) is 4.30. The second-order valence-corrected chi connectivity index (χ2v) is 6.69. The van der Waals surface area contributed by atoms with E-state index in [-0.39, 0.29) is 11.3 Å². The summed E-state index contributed by atoms with van der Waals surface area (Å²) in [4.78, 5) is 17.4. The predicted octanol–water partition coefficient (Wildman–Crippen LogP) is 3.11. The van der Waals surface area contributed by atoms with Crippen molar-refractivity contribution in [1.82, 2.24) is 9.80 Å². The molecule has 2 aromatic rings. The van der Waals surface area contributed by atoms with Crippen LogP contribution in [0, 0.1) is 12.7 Å². The standard InChI is InChI=1S/C17H21FN2O2S/c1-12-7-10-23-15(12)11-20(9-8-19(2)3)17(22)16-13(18)5-4-6-14(16)21/h4-7,10,21H,8-9,11H2,1-3H3. The molecule has 23 heavy (non-hydrogen) atoms. The molecule has 0 aliphatic rings. The zero-order valence-corrected chi connectivity index (χ0v) is 14.4. The van der Waals surface area contributed by atoms with Gasteiger partial charge in [0.2, 0.25) is 0 Å². The van der Waals surface area contributed by atoms with Crippen LogP contribution in [0.5, 0.6) is 5.75 Å². The topological polar surface area (TPSA) is 43.8 Å². The molecular formula is C17H21FN2O2S. The minimum Gasteiger partial charge on any atom is -0.507 e. The van der Waals surface area contributed by atoms with Crippen LogP contribution in [0.15, 0.2) is 29.6 Å². The van der Waals surface area contributed by atoms with Crippen LogP contribution in [-0.2, 0) is 6.54 Å². The number of aryl methyl sites for hydroxylation is 1. The highest BCUT2D eigenvalue weighted by Crippen LogP contribution is 2.24. The molecule has 0 unspecified atom stereocenters. The summed E-state index contributed by atoms with van der Waals surface area (Å²) in [5, 5.41) is 11.8. The molecule has 1 heterocycles. The maximum Gasteiger partial charge on any atom is 0.260 e. The first-order valence-corrected chi connectivity index (χ1v) is 8.22. The Balaban J connectivity index is 2.28. The molecule has 2 rings (SSSR count). The van der Waals surface area contributed by atoms with E-state index >= 15 is 0 Å². The number of halogens is 1. The number of aromatic hydroxyl groups is 1. The molecule has 0 fully saturated rings. The first-order valence-electron chi connectivity index (χ1n) is 7.34. The summed E-state index contributed by atoms with van der Waals surface area (Å²) >= 11 is 1.57. The van der Waals surface area contributed by atoms with Crippen molar-refractivity contribution in [2.24, 2.45) is 0 Å². The van der Waals surface area contributed by atoms with Gasteiger partial charge in [0.05, 0.1) is 6.54 Å². The number of carbonyl (C=O) groups excluding carboxylic acids is 1. The van der Waals surface area contributed by atoms with E-state index in [0.29, 0.717) is 19.6 Å². The van der Waals surface area contributed by atoms with Crippen molar-refractivity contribution in [3.8, 4) is 5.75 Å². The van der Waals surface area contributed by atoms with E-state index in [1.807, 2.05) is 37.4 Å². The van der Waals surface area contributed by atoms with Gasteiger partial charge < -0.3 is 14.9 Å². The monoisotopic (exact) mass is 336 g/mol. The highest BCUT2D eigenvalue weighted by Gasteiger charge is 2.23. The van der Waals surface area contributed by atoms with E-state index in [2.05, 4.69) is 0 Å². The smallest absolute Gasteiger partial charge is 0.260 e. The summed E-state index contributed by atoms with van der Waals surface area (Å²) in [6.07, 6.45) is 0. The van der Waals surface area contributed by atoms with Crippen LogP contribution in [0.2, 0.25) is 0 Å². The van der Waals surface area contributed by atoms with Gasteiger partial charge in [0.15, 0.2) is 0 Å². The molecular weight excluding hydrogens is 315 g/mol. The average Bonchev–Trinajstić information content (AvgIpc) is 2.88. The molecule has 1 amide bonds. The Morgan fingerprint density at radius 3 is 2.57 bits per heavy atom. The first-order chi connectivity index (χ1) is 10.9. The highest BCUT2D eigenvalue weighted by molar-refractivity contribution is 7.10. The van der Waals surface area contributed by atoms with Crippen molar-refractivity contribution in [2.45, 2.75) is 13.5 Å². The van der Waals surface area contributed by atoms with Gasteiger partial charge >= 0.3 is 0 Å². The summed E-state index contributed by atoms with van der Waals surface area (Å²) in [6.45, 7) is 3.51. The molecule has 124 valence electrons. The number of likely N-dealkylation sites (N-methyl/N-ethyl adjacent to an activating group) is 1. The first kappa shape index (κ1) is 17.4. The van der Waals surface area contributed by atoms with Gasteiger partial charge in [-0.2, -0.15) is 0 Å². The van der Waals surface area contributed by atoms with Crippen molar-refractivity contribution in [3.63, 3.8) is 0 Å². The lowest BCUT2D eigenvalue weighted by Crippen LogP contribution is -2.36. The fraction of sp³-hybridized carbons (Fsp3) is 0.353. The lowest BCUT2D eigenvalue weighted by molar-refractivity contribution is 0.0725. The molecule has 1 aromatic carbocycles. The van der Waals surface area contributed by atoms with Gasteiger partial charge in [-0.25, -0.2) is 4.39 Å². The quantitative estimate of drug-likeness (QED) is 0.881. The van der Waals surface area contributed by atoms with Crippen LogP contribution in [0.3, 0.4) is 0 Å². The van der Waals surface area contributed by atoms with Crippen molar-refractivity contribution in [3.05, 3.63) is 51.5 Å². The molecule has 0 atom stereocenters. The molecule has 4 nitrogen and oxygen atoms in total. The van der Waals surface area contributed by atoms with Crippen molar-refractivity contribution < 1.29 is 14.3 Å². The zero-order valence-electron chi connectivity index (χ0n) is 13.5. The minimum absolute atomic E-state index is 0.263. The molecule has 1 aromatic heterocycles. The highest BCUT2D eigenvalue weighted by atomic mass is 32.1. The number of benzene rings is 1. The van der Waals surface area contributed by atoms with Crippen LogP contribution >= 0.6 is 11.3 Å². The van der Waals surface area contributed by atoms with Crippen LogP contribution < -0.4 is 0 Å². The molecule has 0 saturated heterocycles. The summed E-state index contributed by atoms with van der Waals surface area (Å²) < 4.78 is 14.0. The van der Waals surface area contributed by atoms with E-state index in [4.69, 9.17) is 0 Å². The van der Waals surface area contributed by atoms with Crippen molar-refractivity contribution in [1.29, 1.82) is 0 Å². The van der Waals surface area contributed by atoms with E-state index in [1.165, 1.54) is 18.2 Å². The normalized spacial score (nSPS) is 11.0. The predicted molar refractivity (Wildman–Crippen MR) is 90.4 cm³/mol. The molecule has 1 N–H and O–H groups in total. The van der Waals surface area contributed by atoms with E-state index in [1.54, 1.807) is 16.2 Å². The Morgan fingerprint density at radius 2 is 2.00 bits per heavy atom. The Bertz CT molecular complexity index is 665. The fourth-order valence-electron chi connectivity index (χ4n) is 2.20. The SMILES string of the molecule is Cc1ccsc1CN(CCN(C)C)C(=O)c1c(O)cccc1F. The van der Waals surface area contributed by atoms with Gasteiger partial charge in [0.1, 0.15) is 17.1 Å². The van der Waals surface area contributed by atoms with Gasteiger partial charge in [-0.05, 0) is 50.2 Å². The summed E-state index contributed by atoms with van der Waals surface area (Å²) in [6, 6.07) is 5.90. The molecule has 0 aliphatic heterocycles. The number of carbonyl (C=O) groups is 1. The number of nitrogens with zero attached hydrogens (tertiary/aromatic N) is 2. The molecule has 0 radical (unpaired) electrons. The Hall–Kier alpha value is -1.92. The van der Waals surface area contributed by atoms with Crippen molar-refractivity contribution in [2.75, 3.05) is 27.2 Å². The fourth-order valence-corrected chi connectivity index (χ4v) is 3.12. The Labute approximate surface area is 139 Å². The second kappa shape index (κ2) is 7.57. The zero-order chi connectivity index (χ0) is 17.0. The number of rotatable bonds is 6. The van der Waals surface area contributed by atoms with E-state index < -0.39 is 11.7 Å². The van der Waals surface area contributed by atoms with Gasteiger partial charge in [-0.15, -0.1) is 11.3 Å². The van der Waals surface area contributed by atoms with Gasteiger partial charge in [-0.3, -0.25) is 4.79 Å². The van der Waals surface area contributed by atoms with Crippen molar-refractivity contribution >= 4 is 17.2 Å². The largest absolute Gasteiger partial charge is 0.507 e. The van der Waals surface area contributed by atoms with E-state index in [9.17, 15) is 14.3 Å². The molecule has 0 saturated carbocycles. The third-order valence-corrected chi connectivity index (χ3v) is 4.62. The number of hydrogen-bond acceptors (Lipinski definition) is 4. The third-order valence-electron chi connectivity index (χ3n) is 3.61. The number of phenols is 1.